The maximum absolute atomic E-state index is 12.1. The first-order valence-corrected chi connectivity index (χ1v) is 6.34. The second kappa shape index (κ2) is 6.29. The first-order chi connectivity index (χ1) is 9.61. The van der Waals surface area contributed by atoms with Crippen molar-refractivity contribution in [3.63, 3.8) is 0 Å². The molecule has 20 heavy (non-hydrogen) atoms. The summed E-state index contributed by atoms with van der Waals surface area (Å²) in [6.45, 7) is 1.10. The van der Waals surface area contributed by atoms with Gasteiger partial charge in [-0.05, 0) is 12.8 Å². The Kier molecular flexibility index (Phi) is 4.46. The number of nitrogens with zero attached hydrogens (tertiary/aromatic N) is 2. The summed E-state index contributed by atoms with van der Waals surface area (Å²) in [5.41, 5.74) is -0.0639. The Balaban J connectivity index is 2.10. The van der Waals surface area contributed by atoms with Gasteiger partial charge in [-0.1, -0.05) is 0 Å². The van der Waals surface area contributed by atoms with E-state index in [0.717, 1.165) is 19.0 Å². The van der Waals surface area contributed by atoms with Crippen LogP contribution in [0, 0.1) is 10.1 Å². The van der Waals surface area contributed by atoms with E-state index in [1.165, 1.54) is 6.07 Å². The molecule has 1 aromatic rings. The van der Waals surface area contributed by atoms with Gasteiger partial charge in [0.05, 0.1) is 16.6 Å². The van der Waals surface area contributed by atoms with Gasteiger partial charge in [-0.25, -0.2) is 4.98 Å². The number of carbonyl (C=O) groups excluding carboxylic acids is 1. The summed E-state index contributed by atoms with van der Waals surface area (Å²) in [7, 11) is 1.60. The number of carbonyl (C=O) groups is 1. The molecule has 8 nitrogen and oxygen atoms in total. The van der Waals surface area contributed by atoms with Crippen LogP contribution in [0.15, 0.2) is 12.3 Å². The summed E-state index contributed by atoms with van der Waals surface area (Å²) in [5.74, 6) is -0.0958. The Morgan fingerprint density at radius 1 is 1.65 bits per heavy atom. The third kappa shape index (κ3) is 3.21. The molecule has 0 spiro atoms. The number of hydrogen-bond acceptors (Lipinski definition) is 6. The van der Waals surface area contributed by atoms with Crippen molar-refractivity contribution in [2.75, 3.05) is 25.5 Å². The fraction of sp³-hybridized carbons (Fsp3) is 0.500. The van der Waals surface area contributed by atoms with Crippen LogP contribution < -0.4 is 10.6 Å². The van der Waals surface area contributed by atoms with Crippen molar-refractivity contribution in [3.8, 4) is 0 Å². The van der Waals surface area contributed by atoms with Crippen molar-refractivity contribution in [1.82, 2.24) is 10.3 Å². The van der Waals surface area contributed by atoms with Crippen LogP contribution in [-0.4, -0.2) is 42.1 Å². The topological polar surface area (TPSA) is 106 Å². The molecule has 108 valence electrons. The van der Waals surface area contributed by atoms with Crippen LogP contribution in [-0.2, 0) is 4.74 Å². The van der Waals surface area contributed by atoms with Crippen molar-refractivity contribution in [3.05, 3.63) is 27.9 Å². The summed E-state index contributed by atoms with van der Waals surface area (Å²) in [4.78, 5) is 26.1. The molecule has 2 N–H and O–H groups in total. The van der Waals surface area contributed by atoms with Crippen LogP contribution >= 0.6 is 0 Å². The maximum atomic E-state index is 12.1. The van der Waals surface area contributed by atoms with Crippen molar-refractivity contribution in [1.29, 1.82) is 0 Å². The largest absolute Gasteiger partial charge is 0.376 e. The van der Waals surface area contributed by atoms with Gasteiger partial charge in [-0.15, -0.1) is 0 Å². The van der Waals surface area contributed by atoms with Crippen LogP contribution in [0.4, 0.5) is 11.5 Å². The molecule has 1 atom stereocenters. The predicted octanol–water partition coefficient (Wildman–Crippen LogP) is 0.940. The van der Waals surface area contributed by atoms with E-state index in [2.05, 4.69) is 15.6 Å². The molecule has 0 bridgehead atoms. The molecule has 1 unspecified atom stereocenters. The van der Waals surface area contributed by atoms with Gasteiger partial charge in [0.25, 0.3) is 11.6 Å². The van der Waals surface area contributed by atoms with Gasteiger partial charge in [0, 0.05) is 26.3 Å². The third-order valence-corrected chi connectivity index (χ3v) is 3.08. The number of nitrogens with one attached hydrogen (secondary N) is 2. The molecule has 2 rings (SSSR count). The fourth-order valence-electron chi connectivity index (χ4n) is 2.03. The van der Waals surface area contributed by atoms with Crippen LogP contribution in [0.3, 0.4) is 0 Å². The number of pyridine rings is 1. The highest BCUT2D eigenvalue weighted by molar-refractivity contribution is 5.99. The molecule has 0 radical (unpaired) electrons. The van der Waals surface area contributed by atoms with Gasteiger partial charge in [0.1, 0.15) is 12.0 Å². The van der Waals surface area contributed by atoms with Crippen LogP contribution in [0.25, 0.3) is 0 Å². The van der Waals surface area contributed by atoms with Crippen molar-refractivity contribution in [2.24, 2.45) is 0 Å². The molecule has 8 heteroatoms. The van der Waals surface area contributed by atoms with Gasteiger partial charge >= 0.3 is 0 Å². The third-order valence-electron chi connectivity index (χ3n) is 3.08. The predicted molar refractivity (Wildman–Crippen MR) is 71.7 cm³/mol. The Labute approximate surface area is 115 Å². The summed E-state index contributed by atoms with van der Waals surface area (Å²) >= 11 is 0. The minimum atomic E-state index is -0.580. The number of anilines is 1. The molecule has 2 heterocycles. The van der Waals surface area contributed by atoms with E-state index in [4.69, 9.17) is 4.74 Å². The molecule has 1 aliphatic rings. The Hall–Kier alpha value is -2.22. The highest BCUT2D eigenvalue weighted by atomic mass is 16.6. The van der Waals surface area contributed by atoms with E-state index < -0.39 is 10.8 Å². The molecule has 1 amide bonds. The number of aromatic nitrogens is 1. The van der Waals surface area contributed by atoms with Crippen LogP contribution in [0.2, 0.25) is 0 Å². The van der Waals surface area contributed by atoms with E-state index in [1.807, 2.05) is 0 Å². The first kappa shape index (κ1) is 14.2. The molecule has 0 saturated carbocycles. The van der Waals surface area contributed by atoms with Gasteiger partial charge in [0.2, 0.25) is 0 Å². The van der Waals surface area contributed by atoms with Gasteiger partial charge in [-0.3, -0.25) is 14.9 Å². The van der Waals surface area contributed by atoms with Crippen LogP contribution in [0.1, 0.15) is 23.2 Å². The SMILES string of the molecule is CNc1ncc([N+](=O)[O-])cc1C(=O)NCC1CCCO1. The van der Waals surface area contributed by atoms with Crippen molar-refractivity contribution < 1.29 is 14.5 Å². The minimum absolute atomic E-state index is 0.0173. The van der Waals surface area contributed by atoms with E-state index in [9.17, 15) is 14.9 Å². The second-order valence-electron chi connectivity index (χ2n) is 4.44. The van der Waals surface area contributed by atoms with E-state index >= 15 is 0 Å². The number of amides is 1. The smallest absolute Gasteiger partial charge is 0.288 e. The fourth-order valence-corrected chi connectivity index (χ4v) is 2.03. The molecule has 1 saturated heterocycles. The zero-order valence-electron chi connectivity index (χ0n) is 11.1. The molecule has 1 fully saturated rings. The lowest BCUT2D eigenvalue weighted by atomic mass is 10.2. The number of ether oxygens (including phenoxy) is 1. The average molecular weight is 280 g/mol. The quantitative estimate of drug-likeness (QED) is 0.614. The number of rotatable bonds is 5. The first-order valence-electron chi connectivity index (χ1n) is 6.34. The molecule has 1 aromatic heterocycles. The number of hydrogen-bond donors (Lipinski definition) is 2. The molecule has 0 aromatic carbocycles. The highest BCUT2D eigenvalue weighted by Crippen LogP contribution is 2.19. The standard InChI is InChI=1S/C12H16N4O4/c1-13-11-10(5-8(6-14-11)16(18)19)12(17)15-7-9-3-2-4-20-9/h5-6,9H,2-4,7H2,1H3,(H,13,14)(H,15,17). The lowest BCUT2D eigenvalue weighted by Gasteiger charge is -2.12. The Bertz CT molecular complexity index is 514. The maximum Gasteiger partial charge on any atom is 0.288 e. The summed E-state index contributed by atoms with van der Waals surface area (Å²) < 4.78 is 5.40. The zero-order chi connectivity index (χ0) is 14.5. The second-order valence-corrected chi connectivity index (χ2v) is 4.44. The van der Waals surface area contributed by atoms with Gasteiger partial charge in [-0.2, -0.15) is 0 Å². The van der Waals surface area contributed by atoms with E-state index in [0.29, 0.717) is 19.0 Å². The highest BCUT2D eigenvalue weighted by Gasteiger charge is 2.20. The average Bonchev–Trinajstić information content (AvgIpc) is 2.97. The Morgan fingerprint density at radius 2 is 2.45 bits per heavy atom. The Morgan fingerprint density at radius 3 is 3.05 bits per heavy atom. The lowest BCUT2D eigenvalue weighted by molar-refractivity contribution is -0.385. The summed E-state index contributed by atoms with van der Waals surface area (Å²) in [6, 6.07) is 1.21. The van der Waals surface area contributed by atoms with Crippen molar-refractivity contribution in [2.45, 2.75) is 18.9 Å². The summed E-state index contributed by atoms with van der Waals surface area (Å²) in [5, 5.41) is 16.2. The van der Waals surface area contributed by atoms with Crippen molar-refractivity contribution >= 4 is 17.4 Å². The monoisotopic (exact) mass is 280 g/mol. The number of nitro groups is 1. The normalized spacial score (nSPS) is 17.8. The summed E-state index contributed by atoms with van der Waals surface area (Å²) in [6.07, 6.45) is 3.03. The minimum Gasteiger partial charge on any atom is -0.376 e. The molecular weight excluding hydrogens is 264 g/mol. The van der Waals surface area contributed by atoms with E-state index in [-0.39, 0.29) is 17.4 Å². The van der Waals surface area contributed by atoms with Gasteiger partial charge < -0.3 is 15.4 Å². The molecule has 0 aliphatic carbocycles. The molecular formula is C12H16N4O4. The van der Waals surface area contributed by atoms with Gasteiger partial charge in [0.15, 0.2) is 0 Å². The zero-order valence-corrected chi connectivity index (χ0v) is 11.1. The lowest BCUT2D eigenvalue weighted by Crippen LogP contribution is -2.32. The van der Waals surface area contributed by atoms with E-state index in [1.54, 1.807) is 7.05 Å². The molecule has 1 aliphatic heterocycles. The van der Waals surface area contributed by atoms with Crippen LogP contribution in [0.5, 0.6) is 0 Å².